The first-order valence-electron chi connectivity index (χ1n) is 5.36. The van der Waals surface area contributed by atoms with Gasteiger partial charge in [-0.15, -0.1) is 0 Å². The molecule has 0 heterocycles. The Morgan fingerprint density at radius 1 is 1.31 bits per heavy atom. The summed E-state index contributed by atoms with van der Waals surface area (Å²) in [4.78, 5) is 13.8. The molecule has 0 bridgehead atoms. The van der Waals surface area contributed by atoms with Gasteiger partial charge in [-0.3, -0.25) is 0 Å². The van der Waals surface area contributed by atoms with Crippen LogP contribution < -0.4 is 4.74 Å². The number of hydrogen-bond acceptors (Lipinski definition) is 3. The molecular formula is C13H17NO2. The summed E-state index contributed by atoms with van der Waals surface area (Å²) in [5.41, 5.74) is 1.18. The van der Waals surface area contributed by atoms with Crippen molar-refractivity contribution in [1.29, 1.82) is 0 Å². The molecule has 16 heavy (non-hydrogen) atoms. The van der Waals surface area contributed by atoms with Gasteiger partial charge >= 0.3 is 0 Å². The van der Waals surface area contributed by atoms with Gasteiger partial charge in [-0.2, -0.15) is 0 Å². The first kappa shape index (κ1) is 12.5. The van der Waals surface area contributed by atoms with Gasteiger partial charge in [0.25, 0.3) is 0 Å². The Morgan fingerprint density at radius 3 is 2.38 bits per heavy atom. The standard InChI is InChI=1S/C13H17NO2/c1-10(2)13(8-14-9-15)11-4-6-12(16-3)7-5-11/h4-7,10,13H,8H2,1-3H3. The Hall–Kier alpha value is -1.60. The van der Waals surface area contributed by atoms with E-state index in [2.05, 4.69) is 18.8 Å². The molecule has 1 aromatic carbocycles. The molecule has 0 aliphatic carbocycles. The second-order valence-corrected chi connectivity index (χ2v) is 4.06. The number of benzene rings is 1. The molecule has 0 aliphatic rings. The highest BCUT2D eigenvalue weighted by atomic mass is 16.5. The molecular weight excluding hydrogens is 202 g/mol. The molecule has 0 aliphatic heterocycles. The van der Waals surface area contributed by atoms with Gasteiger partial charge in [-0.25, -0.2) is 9.79 Å². The van der Waals surface area contributed by atoms with Gasteiger partial charge in [0.1, 0.15) is 5.75 Å². The van der Waals surface area contributed by atoms with E-state index in [1.165, 1.54) is 5.56 Å². The number of isocyanates is 1. The highest BCUT2D eigenvalue weighted by Crippen LogP contribution is 2.26. The predicted molar refractivity (Wildman–Crippen MR) is 63.6 cm³/mol. The maximum absolute atomic E-state index is 10.2. The van der Waals surface area contributed by atoms with Crippen LogP contribution in [-0.4, -0.2) is 19.7 Å². The third-order valence-corrected chi connectivity index (χ3v) is 2.70. The van der Waals surface area contributed by atoms with Crippen molar-refractivity contribution in [3.63, 3.8) is 0 Å². The van der Waals surface area contributed by atoms with Gasteiger partial charge in [0, 0.05) is 5.92 Å². The lowest BCUT2D eigenvalue weighted by Crippen LogP contribution is -2.10. The highest BCUT2D eigenvalue weighted by molar-refractivity contribution is 5.34. The number of aliphatic imine (C=N–C) groups is 1. The number of methoxy groups -OCH3 is 1. The van der Waals surface area contributed by atoms with Gasteiger partial charge in [0.15, 0.2) is 0 Å². The lowest BCUT2D eigenvalue weighted by atomic mass is 9.88. The van der Waals surface area contributed by atoms with Gasteiger partial charge < -0.3 is 4.74 Å². The minimum absolute atomic E-state index is 0.257. The normalized spacial score (nSPS) is 12.0. The molecule has 0 fully saturated rings. The Kier molecular flexibility index (Phi) is 4.74. The summed E-state index contributed by atoms with van der Waals surface area (Å²) in [5, 5.41) is 0. The fraction of sp³-hybridized carbons (Fsp3) is 0.462. The molecule has 1 rings (SSSR count). The molecule has 0 saturated heterocycles. The second kappa shape index (κ2) is 6.09. The zero-order valence-electron chi connectivity index (χ0n) is 9.93. The summed E-state index contributed by atoms with van der Waals surface area (Å²) in [6.07, 6.45) is 1.60. The van der Waals surface area contributed by atoms with Crippen LogP contribution in [0.15, 0.2) is 29.3 Å². The van der Waals surface area contributed by atoms with Crippen LogP contribution in [0.5, 0.6) is 5.75 Å². The van der Waals surface area contributed by atoms with Crippen LogP contribution in [0.2, 0.25) is 0 Å². The number of rotatable bonds is 5. The average molecular weight is 219 g/mol. The molecule has 3 heteroatoms. The second-order valence-electron chi connectivity index (χ2n) is 4.06. The average Bonchev–Trinajstić information content (AvgIpc) is 2.30. The van der Waals surface area contributed by atoms with Crippen LogP contribution in [0, 0.1) is 5.92 Å². The van der Waals surface area contributed by atoms with Crippen LogP contribution in [0.3, 0.4) is 0 Å². The molecule has 0 aromatic heterocycles. The van der Waals surface area contributed by atoms with Crippen molar-refractivity contribution in [2.45, 2.75) is 19.8 Å². The molecule has 0 radical (unpaired) electrons. The first-order chi connectivity index (χ1) is 7.69. The Labute approximate surface area is 96.2 Å². The monoisotopic (exact) mass is 219 g/mol. The van der Waals surface area contributed by atoms with Crippen LogP contribution in [0.4, 0.5) is 0 Å². The van der Waals surface area contributed by atoms with E-state index in [1.807, 2.05) is 24.3 Å². The van der Waals surface area contributed by atoms with Crippen molar-refractivity contribution in [3.8, 4) is 5.75 Å². The predicted octanol–water partition coefficient (Wildman–Crippen LogP) is 2.77. The third-order valence-electron chi connectivity index (χ3n) is 2.70. The number of carbonyl (C=O) groups excluding carboxylic acids is 1. The van der Waals surface area contributed by atoms with Gasteiger partial charge in [-0.05, 0) is 23.6 Å². The van der Waals surface area contributed by atoms with Crippen molar-refractivity contribution in [2.24, 2.45) is 10.9 Å². The van der Waals surface area contributed by atoms with Crippen molar-refractivity contribution >= 4 is 6.08 Å². The smallest absolute Gasteiger partial charge is 0.234 e. The fourth-order valence-electron chi connectivity index (χ4n) is 1.69. The summed E-state index contributed by atoms with van der Waals surface area (Å²) in [5.74, 6) is 1.53. The topological polar surface area (TPSA) is 38.7 Å². The Bertz CT molecular complexity index is 364. The maximum Gasteiger partial charge on any atom is 0.234 e. The largest absolute Gasteiger partial charge is 0.497 e. The highest BCUT2D eigenvalue weighted by Gasteiger charge is 2.15. The molecule has 1 unspecified atom stereocenters. The quantitative estimate of drug-likeness (QED) is 0.564. The van der Waals surface area contributed by atoms with Crippen molar-refractivity contribution in [3.05, 3.63) is 29.8 Å². The van der Waals surface area contributed by atoms with Crippen LogP contribution >= 0.6 is 0 Å². The SMILES string of the molecule is COc1ccc(C(CN=C=O)C(C)C)cc1. The summed E-state index contributed by atoms with van der Waals surface area (Å²) in [7, 11) is 1.64. The van der Waals surface area contributed by atoms with E-state index in [9.17, 15) is 4.79 Å². The van der Waals surface area contributed by atoms with E-state index < -0.39 is 0 Å². The molecule has 0 spiro atoms. The zero-order valence-corrected chi connectivity index (χ0v) is 9.93. The van der Waals surface area contributed by atoms with Gasteiger partial charge in [0.2, 0.25) is 6.08 Å². The summed E-state index contributed by atoms with van der Waals surface area (Å²) >= 11 is 0. The van der Waals surface area contributed by atoms with Crippen molar-refractivity contribution < 1.29 is 9.53 Å². The van der Waals surface area contributed by atoms with Gasteiger partial charge in [0.05, 0.1) is 13.7 Å². The van der Waals surface area contributed by atoms with E-state index in [-0.39, 0.29) is 5.92 Å². The van der Waals surface area contributed by atoms with Crippen LogP contribution in [0.1, 0.15) is 25.3 Å². The molecule has 3 nitrogen and oxygen atoms in total. The summed E-state index contributed by atoms with van der Waals surface area (Å²) in [6.45, 7) is 4.73. The number of hydrogen-bond donors (Lipinski definition) is 0. The Morgan fingerprint density at radius 2 is 1.94 bits per heavy atom. The fourth-order valence-corrected chi connectivity index (χ4v) is 1.69. The van der Waals surface area contributed by atoms with Crippen molar-refractivity contribution in [1.82, 2.24) is 0 Å². The van der Waals surface area contributed by atoms with Crippen molar-refractivity contribution in [2.75, 3.05) is 13.7 Å². The number of nitrogens with zero attached hydrogens (tertiary/aromatic N) is 1. The minimum Gasteiger partial charge on any atom is -0.497 e. The molecule has 1 aromatic rings. The maximum atomic E-state index is 10.2. The van der Waals surface area contributed by atoms with Crippen LogP contribution in [-0.2, 0) is 4.79 Å². The molecule has 1 atom stereocenters. The molecule has 0 amide bonds. The number of ether oxygens (including phenoxy) is 1. The molecule has 0 N–H and O–H groups in total. The Balaban J connectivity index is 2.87. The molecule has 86 valence electrons. The lowest BCUT2D eigenvalue weighted by molar-refractivity contribution is 0.414. The molecule has 0 saturated carbocycles. The van der Waals surface area contributed by atoms with Crippen LogP contribution in [0.25, 0.3) is 0 Å². The minimum atomic E-state index is 0.257. The van der Waals surface area contributed by atoms with E-state index in [4.69, 9.17) is 4.74 Å². The van der Waals surface area contributed by atoms with E-state index >= 15 is 0 Å². The van der Waals surface area contributed by atoms with E-state index in [0.717, 1.165) is 5.75 Å². The summed E-state index contributed by atoms with van der Waals surface area (Å²) < 4.78 is 5.10. The lowest BCUT2D eigenvalue weighted by Gasteiger charge is -2.18. The zero-order chi connectivity index (χ0) is 12.0. The third kappa shape index (κ3) is 3.21. The summed E-state index contributed by atoms with van der Waals surface area (Å²) in [6, 6.07) is 7.89. The first-order valence-corrected chi connectivity index (χ1v) is 5.36. The van der Waals surface area contributed by atoms with E-state index in [1.54, 1.807) is 13.2 Å². The van der Waals surface area contributed by atoms with Gasteiger partial charge in [-0.1, -0.05) is 26.0 Å². The van der Waals surface area contributed by atoms with E-state index in [0.29, 0.717) is 12.5 Å².